The molecule has 2 fully saturated rings. The van der Waals surface area contributed by atoms with Gasteiger partial charge in [0.2, 0.25) is 0 Å². The van der Waals surface area contributed by atoms with Gasteiger partial charge in [-0.1, -0.05) is 18.6 Å². The summed E-state index contributed by atoms with van der Waals surface area (Å²) < 4.78 is 0. The van der Waals surface area contributed by atoms with Crippen LogP contribution in [0.15, 0.2) is 24.3 Å². The second-order valence-corrected chi connectivity index (χ2v) is 6.09. The Bertz CT molecular complexity index is 497. The molecule has 4 heteroatoms. The third kappa shape index (κ3) is 3.05. The van der Waals surface area contributed by atoms with Crippen molar-refractivity contribution in [1.82, 2.24) is 9.80 Å². The van der Waals surface area contributed by atoms with E-state index >= 15 is 0 Å². The van der Waals surface area contributed by atoms with Crippen LogP contribution in [0.1, 0.15) is 36.0 Å². The van der Waals surface area contributed by atoms with Gasteiger partial charge in [0.1, 0.15) is 0 Å². The van der Waals surface area contributed by atoms with Gasteiger partial charge in [0.15, 0.2) is 0 Å². The van der Waals surface area contributed by atoms with Crippen molar-refractivity contribution >= 4 is 11.6 Å². The fourth-order valence-electron chi connectivity index (χ4n) is 3.57. The van der Waals surface area contributed by atoms with Crippen molar-refractivity contribution in [2.75, 3.05) is 38.5 Å². The van der Waals surface area contributed by atoms with Crippen LogP contribution in [0.3, 0.4) is 0 Å². The van der Waals surface area contributed by atoms with E-state index in [0.717, 1.165) is 30.8 Å². The normalized spacial score (nSPS) is 23.3. The summed E-state index contributed by atoms with van der Waals surface area (Å²) in [5, 5.41) is 3.12. The molecule has 1 unspecified atom stereocenters. The Kier molecular flexibility index (Phi) is 4.44. The Morgan fingerprint density at radius 3 is 2.67 bits per heavy atom. The molecule has 0 saturated carbocycles. The molecule has 1 aromatic rings. The van der Waals surface area contributed by atoms with Crippen molar-refractivity contribution in [3.8, 4) is 0 Å². The summed E-state index contributed by atoms with van der Waals surface area (Å²) in [6.07, 6.45) is 5.11. The number of piperidine rings is 1. The molecule has 3 rings (SSSR count). The van der Waals surface area contributed by atoms with Gasteiger partial charge in [-0.25, -0.2) is 0 Å². The molecule has 2 saturated heterocycles. The molecule has 2 aliphatic heterocycles. The minimum Gasteiger partial charge on any atom is -0.387 e. The van der Waals surface area contributed by atoms with E-state index in [-0.39, 0.29) is 5.91 Å². The summed E-state index contributed by atoms with van der Waals surface area (Å²) in [7, 11) is 1.87. The number of carbonyl (C=O) groups excluding carboxylic acids is 1. The van der Waals surface area contributed by atoms with Gasteiger partial charge < -0.3 is 10.2 Å². The predicted octanol–water partition coefficient (Wildman–Crippen LogP) is 2.43. The molecule has 21 heavy (non-hydrogen) atoms. The second kappa shape index (κ2) is 6.48. The maximum Gasteiger partial charge on any atom is 0.256 e. The first-order chi connectivity index (χ1) is 10.3. The summed E-state index contributed by atoms with van der Waals surface area (Å²) >= 11 is 0. The van der Waals surface area contributed by atoms with Gasteiger partial charge in [0.05, 0.1) is 5.56 Å². The van der Waals surface area contributed by atoms with E-state index in [0.29, 0.717) is 6.04 Å². The van der Waals surface area contributed by atoms with E-state index in [1.807, 2.05) is 36.2 Å². The molecule has 0 bridgehead atoms. The molecule has 1 aromatic carbocycles. The largest absolute Gasteiger partial charge is 0.387 e. The summed E-state index contributed by atoms with van der Waals surface area (Å²) in [6, 6.07) is 8.35. The van der Waals surface area contributed by atoms with Crippen LogP contribution in [0.4, 0.5) is 5.69 Å². The Hall–Kier alpha value is -1.55. The number of hydrogen-bond acceptors (Lipinski definition) is 3. The Labute approximate surface area is 127 Å². The summed E-state index contributed by atoms with van der Waals surface area (Å²) in [6.45, 7) is 4.19. The van der Waals surface area contributed by atoms with Crippen molar-refractivity contribution in [2.24, 2.45) is 0 Å². The number of likely N-dealkylation sites (tertiary alicyclic amines) is 2. The standard InChI is InChI=1S/C17H25N3O/c1-18-16-8-4-3-7-15(16)17(21)20-12-9-14(13-20)19-10-5-2-6-11-19/h3-4,7-8,14,18H,2,5-6,9-13H2,1H3. The predicted molar refractivity (Wildman–Crippen MR) is 85.7 cm³/mol. The molecule has 114 valence electrons. The fourth-order valence-corrected chi connectivity index (χ4v) is 3.57. The lowest BCUT2D eigenvalue weighted by atomic mass is 10.1. The zero-order valence-electron chi connectivity index (χ0n) is 12.8. The lowest BCUT2D eigenvalue weighted by molar-refractivity contribution is 0.0772. The van der Waals surface area contributed by atoms with Gasteiger partial charge in [0.25, 0.3) is 5.91 Å². The average Bonchev–Trinajstić information content (AvgIpc) is 3.05. The van der Waals surface area contributed by atoms with E-state index in [1.54, 1.807) is 0 Å². The van der Waals surface area contributed by atoms with E-state index < -0.39 is 0 Å². The zero-order valence-corrected chi connectivity index (χ0v) is 12.8. The Morgan fingerprint density at radius 1 is 1.14 bits per heavy atom. The van der Waals surface area contributed by atoms with Gasteiger partial charge in [-0.05, 0) is 44.5 Å². The number of carbonyl (C=O) groups is 1. The van der Waals surface area contributed by atoms with Gasteiger partial charge >= 0.3 is 0 Å². The number of amides is 1. The maximum atomic E-state index is 12.7. The molecule has 0 radical (unpaired) electrons. The molecular weight excluding hydrogens is 262 g/mol. The van der Waals surface area contributed by atoms with Crippen molar-refractivity contribution < 1.29 is 4.79 Å². The molecule has 1 N–H and O–H groups in total. The first-order valence-electron chi connectivity index (χ1n) is 8.09. The topological polar surface area (TPSA) is 35.6 Å². The van der Waals surface area contributed by atoms with Gasteiger partial charge in [-0.3, -0.25) is 9.69 Å². The van der Waals surface area contributed by atoms with Gasteiger partial charge in [-0.2, -0.15) is 0 Å². The smallest absolute Gasteiger partial charge is 0.256 e. The van der Waals surface area contributed by atoms with Crippen LogP contribution in [0.25, 0.3) is 0 Å². The number of nitrogens with zero attached hydrogens (tertiary/aromatic N) is 2. The van der Waals surface area contributed by atoms with Crippen LogP contribution in [0, 0.1) is 0 Å². The van der Waals surface area contributed by atoms with Crippen LogP contribution in [0.2, 0.25) is 0 Å². The van der Waals surface area contributed by atoms with Crippen LogP contribution in [-0.2, 0) is 0 Å². The second-order valence-electron chi connectivity index (χ2n) is 6.09. The third-order valence-electron chi connectivity index (χ3n) is 4.78. The molecule has 1 atom stereocenters. The van der Waals surface area contributed by atoms with Crippen molar-refractivity contribution in [3.05, 3.63) is 29.8 Å². The molecule has 4 nitrogen and oxygen atoms in total. The summed E-state index contributed by atoms with van der Waals surface area (Å²) in [4.78, 5) is 17.3. The molecule has 0 spiro atoms. The van der Waals surface area contributed by atoms with E-state index in [4.69, 9.17) is 0 Å². The summed E-state index contributed by atoms with van der Waals surface area (Å²) in [5.74, 6) is 0.166. The minimum atomic E-state index is 0.166. The lowest BCUT2D eigenvalue weighted by Gasteiger charge is -2.32. The zero-order chi connectivity index (χ0) is 14.7. The number of benzene rings is 1. The highest BCUT2D eigenvalue weighted by atomic mass is 16.2. The fraction of sp³-hybridized carbons (Fsp3) is 0.588. The molecule has 0 aliphatic carbocycles. The molecular formula is C17H25N3O. The van der Waals surface area contributed by atoms with Crippen molar-refractivity contribution in [2.45, 2.75) is 31.7 Å². The van der Waals surface area contributed by atoms with E-state index in [2.05, 4.69) is 10.2 Å². The first kappa shape index (κ1) is 14.4. The monoisotopic (exact) mass is 287 g/mol. The Balaban J connectivity index is 1.66. The van der Waals surface area contributed by atoms with Crippen molar-refractivity contribution in [3.63, 3.8) is 0 Å². The first-order valence-corrected chi connectivity index (χ1v) is 8.09. The SMILES string of the molecule is CNc1ccccc1C(=O)N1CCC(N2CCCCC2)C1. The van der Waals surface area contributed by atoms with E-state index in [9.17, 15) is 4.79 Å². The number of hydrogen-bond donors (Lipinski definition) is 1. The van der Waals surface area contributed by atoms with Gasteiger partial charge in [-0.15, -0.1) is 0 Å². The highest BCUT2D eigenvalue weighted by molar-refractivity contribution is 5.99. The molecule has 1 amide bonds. The quantitative estimate of drug-likeness (QED) is 0.927. The molecule has 0 aromatic heterocycles. The van der Waals surface area contributed by atoms with Crippen LogP contribution in [-0.4, -0.2) is 55.0 Å². The Morgan fingerprint density at radius 2 is 1.90 bits per heavy atom. The van der Waals surface area contributed by atoms with E-state index in [1.165, 1.54) is 32.4 Å². The van der Waals surface area contributed by atoms with Crippen LogP contribution < -0.4 is 5.32 Å². The van der Waals surface area contributed by atoms with Crippen molar-refractivity contribution in [1.29, 1.82) is 0 Å². The highest BCUT2D eigenvalue weighted by Crippen LogP contribution is 2.23. The number of para-hydroxylation sites is 1. The van der Waals surface area contributed by atoms with Crippen LogP contribution in [0.5, 0.6) is 0 Å². The molecule has 2 aliphatic rings. The van der Waals surface area contributed by atoms with Crippen LogP contribution >= 0.6 is 0 Å². The third-order valence-corrected chi connectivity index (χ3v) is 4.78. The summed E-state index contributed by atoms with van der Waals surface area (Å²) in [5.41, 5.74) is 1.71. The number of anilines is 1. The highest BCUT2D eigenvalue weighted by Gasteiger charge is 2.31. The number of nitrogens with one attached hydrogen (secondary N) is 1. The lowest BCUT2D eigenvalue weighted by Crippen LogP contribution is -2.41. The molecule has 2 heterocycles. The minimum absolute atomic E-state index is 0.166. The number of rotatable bonds is 3. The maximum absolute atomic E-state index is 12.7. The average molecular weight is 287 g/mol. The van der Waals surface area contributed by atoms with Gasteiger partial charge in [0, 0.05) is 31.9 Å².